The first-order valence-corrected chi connectivity index (χ1v) is 9.48. The molecule has 1 heterocycles. The zero-order valence-corrected chi connectivity index (χ0v) is 16.4. The van der Waals surface area contributed by atoms with E-state index in [1.165, 1.54) is 23.1 Å². The number of carbonyl (C=O) groups is 3. The van der Waals surface area contributed by atoms with E-state index in [0.717, 1.165) is 12.0 Å². The van der Waals surface area contributed by atoms with Crippen molar-refractivity contribution in [1.29, 1.82) is 0 Å². The van der Waals surface area contributed by atoms with Crippen molar-refractivity contribution in [1.82, 2.24) is 0 Å². The van der Waals surface area contributed by atoms with Crippen LogP contribution in [0.5, 0.6) is 0 Å². The Labute approximate surface area is 172 Å². The quantitative estimate of drug-likeness (QED) is 0.425. The van der Waals surface area contributed by atoms with Crippen molar-refractivity contribution in [2.45, 2.75) is 19.8 Å². The van der Waals surface area contributed by atoms with Crippen LogP contribution in [0, 0.1) is 16.0 Å². The maximum Gasteiger partial charge on any atom is 0.311 e. The lowest BCUT2D eigenvalue weighted by atomic mass is 10.1. The second-order valence-electron chi connectivity index (χ2n) is 6.85. The number of hydrogen-bond donors (Lipinski definition) is 1. The van der Waals surface area contributed by atoms with Gasteiger partial charge >= 0.3 is 5.97 Å². The highest BCUT2D eigenvalue weighted by Gasteiger charge is 2.36. The zero-order valence-electron chi connectivity index (χ0n) is 16.4. The molecule has 9 nitrogen and oxygen atoms in total. The number of ether oxygens (including phenoxy) is 1. The maximum absolute atomic E-state index is 12.3. The first-order chi connectivity index (χ1) is 14.4. The van der Waals surface area contributed by atoms with E-state index in [1.807, 2.05) is 19.1 Å². The molecule has 0 aromatic heterocycles. The fourth-order valence-electron chi connectivity index (χ4n) is 3.28. The average Bonchev–Trinajstić information content (AvgIpc) is 3.14. The number of esters is 1. The first kappa shape index (κ1) is 21.0. The van der Waals surface area contributed by atoms with Crippen molar-refractivity contribution in [3.8, 4) is 0 Å². The number of aryl methyl sites for hydroxylation is 1. The van der Waals surface area contributed by atoms with Crippen LogP contribution in [0.3, 0.4) is 0 Å². The molecule has 1 aliphatic rings. The highest BCUT2D eigenvalue weighted by molar-refractivity contribution is 6.00. The number of anilines is 2. The van der Waals surface area contributed by atoms with Gasteiger partial charge < -0.3 is 15.0 Å². The lowest BCUT2D eigenvalue weighted by molar-refractivity contribution is -0.384. The molecular formula is C21H21N3O6. The number of carbonyl (C=O) groups excluding carboxylic acids is 3. The number of rotatable bonds is 7. The highest BCUT2D eigenvalue weighted by atomic mass is 16.6. The largest absolute Gasteiger partial charge is 0.455 e. The molecule has 30 heavy (non-hydrogen) atoms. The molecule has 1 fully saturated rings. The topological polar surface area (TPSA) is 119 Å². The second-order valence-corrected chi connectivity index (χ2v) is 6.85. The number of non-ortho nitro benzene ring substituents is 1. The molecule has 0 saturated carbocycles. The Balaban J connectivity index is 1.56. The predicted molar refractivity (Wildman–Crippen MR) is 109 cm³/mol. The van der Waals surface area contributed by atoms with E-state index in [1.54, 1.807) is 18.2 Å². The predicted octanol–water partition coefficient (Wildman–Crippen LogP) is 2.69. The minimum absolute atomic E-state index is 0.0408. The maximum atomic E-state index is 12.3. The number of nitrogens with one attached hydrogen (secondary N) is 1. The van der Waals surface area contributed by atoms with Crippen LogP contribution in [0.25, 0.3) is 0 Å². The molecule has 0 spiro atoms. The molecule has 9 heteroatoms. The molecule has 1 aliphatic heterocycles. The lowest BCUT2D eigenvalue weighted by Crippen LogP contribution is -2.28. The van der Waals surface area contributed by atoms with Crippen LogP contribution < -0.4 is 10.2 Å². The number of hydrogen-bond acceptors (Lipinski definition) is 6. The Bertz CT molecular complexity index is 990. The molecule has 0 aliphatic carbocycles. The summed E-state index contributed by atoms with van der Waals surface area (Å²) in [7, 11) is 0. The molecule has 3 rings (SSSR count). The van der Waals surface area contributed by atoms with Crippen molar-refractivity contribution in [3.63, 3.8) is 0 Å². The van der Waals surface area contributed by atoms with Gasteiger partial charge in [0.2, 0.25) is 5.91 Å². The Morgan fingerprint density at radius 3 is 2.73 bits per heavy atom. The van der Waals surface area contributed by atoms with E-state index < -0.39 is 29.3 Å². The van der Waals surface area contributed by atoms with Gasteiger partial charge in [0.1, 0.15) is 0 Å². The van der Waals surface area contributed by atoms with E-state index >= 15 is 0 Å². The summed E-state index contributed by atoms with van der Waals surface area (Å²) in [6, 6.07) is 13.0. The van der Waals surface area contributed by atoms with E-state index in [9.17, 15) is 24.5 Å². The lowest BCUT2D eigenvalue weighted by Gasteiger charge is -2.16. The number of nitrogens with zero attached hydrogens (tertiary/aromatic N) is 2. The van der Waals surface area contributed by atoms with Crippen LogP contribution in [0.4, 0.5) is 17.1 Å². The third-order valence-electron chi connectivity index (χ3n) is 4.83. The summed E-state index contributed by atoms with van der Waals surface area (Å²) in [5.74, 6) is -2.20. The Morgan fingerprint density at radius 1 is 1.23 bits per heavy atom. The molecule has 2 aromatic rings. The zero-order chi connectivity index (χ0) is 21.7. The van der Waals surface area contributed by atoms with Crippen molar-refractivity contribution < 1.29 is 24.0 Å². The third kappa shape index (κ3) is 4.80. The Morgan fingerprint density at radius 2 is 2.00 bits per heavy atom. The van der Waals surface area contributed by atoms with Crippen LogP contribution in [-0.4, -0.2) is 35.9 Å². The van der Waals surface area contributed by atoms with Crippen molar-refractivity contribution in [3.05, 3.63) is 64.2 Å². The van der Waals surface area contributed by atoms with Crippen LogP contribution in [0.15, 0.2) is 48.5 Å². The van der Waals surface area contributed by atoms with E-state index in [0.29, 0.717) is 11.4 Å². The minimum Gasteiger partial charge on any atom is -0.455 e. The van der Waals surface area contributed by atoms with Gasteiger partial charge in [-0.3, -0.25) is 24.5 Å². The number of nitro groups is 1. The van der Waals surface area contributed by atoms with Crippen LogP contribution in [0.1, 0.15) is 18.9 Å². The average molecular weight is 411 g/mol. The normalized spacial score (nSPS) is 15.7. The van der Waals surface area contributed by atoms with Gasteiger partial charge in [-0.05, 0) is 24.1 Å². The SMILES string of the molecule is CCc1ccccc1NC(=O)COC(=O)[C@@H]1CC(=O)N(c2cccc([N+](=O)[O-])c2)C1. The third-order valence-corrected chi connectivity index (χ3v) is 4.83. The van der Waals surface area contributed by atoms with Gasteiger partial charge in [0.25, 0.3) is 11.6 Å². The number of nitro benzene ring substituents is 1. The van der Waals surface area contributed by atoms with Gasteiger partial charge in [0, 0.05) is 30.8 Å². The van der Waals surface area contributed by atoms with Crippen LogP contribution in [-0.2, 0) is 25.5 Å². The number of benzene rings is 2. The molecule has 2 amide bonds. The summed E-state index contributed by atoms with van der Waals surface area (Å²) >= 11 is 0. The van der Waals surface area contributed by atoms with Crippen LogP contribution in [0.2, 0.25) is 0 Å². The van der Waals surface area contributed by atoms with Gasteiger partial charge in [0.15, 0.2) is 6.61 Å². The molecule has 0 radical (unpaired) electrons. The fourth-order valence-corrected chi connectivity index (χ4v) is 3.28. The Kier molecular flexibility index (Phi) is 6.41. The van der Waals surface area contributed by atoms with Crippen molar-refractivity contribution in [2.24, 2.45) is 5.92 Å². The van der Waals surface area contributed by atoms with Crippen molar-refractivity contribution in [2.75, 3.05) is 23.4 Å². The highest BCUT2D eigenvalue weighted by Crippen LogP contribution is 2.28. The van der Waals surface area contributed by atoms with Gasteiger partial charge in [-0.15, -0.1) is 0 Å². The molecular weight excluding hydrogens is 390 g/mol. The van der Waals surface area contributed by atoms with E-state index in [2.05, 4.69) is 5.32 Å². The number of amides is 2. The van der Waals surface area contributed by atoms with E-state index in [4.69, 9.17) is 4.74 Å². The first-order valence-electron chi connectivity index (χ1n) is 9.48. The van der Waals surface area contributed by atoms with Gasteiger partial charge in [-0.25, -0.2) is 0 Å². The molecule has 1 saturated heterocycles. The Hall–Kier alpha value is -3.75. The number of para-hydroxylation sites is 1. The standard InChI is InChI=1S/C21H21N3O6/c1-2-14-6-3-4-9-18(14)22-19(25)13-30-21(27)15-10-20(26)23(12-15)16-7-5-8-17(11-16)24(28)29/h3-9,11,15H,2,10,12-13H2,1H3,(H,22,25)/t15-/m1/s1. The summed E-state index contributed by atoms with van der Waals surface area (Å²) in [6.45, 7) is 1.55. The summed E-state index contributed by atoms with van der Waals surface area (Å²) in [4.78, 5) is 48.4. The minimum atomic E-state index is -0.743. The van der Waals surface area contributed by atoms with Gasteiger partial charge in [-0.1, -0.05) is 31.2 Å². The monoisotopic (exact) mass is 411 g/mol. The molecule has 1 N–H and O–H groups in total. The second kappa shape index (κ2) is 9.17. The molecule has 1 atom stereocenters. The summed E-state index contributed by atoms with van der Waals surface area (Å²) in [5.41, 5.74) is 1.83. The fraction of sp³-hybridized carbons (Fsp3) is 0.286. The molecule has 2 aromatic carbocycles. The smallest absolute Gasteiger partial charge is 0.311 e. The van der Waals surface area contributed by atoms with E-state index in [-0.39, 0.29) is 24.6 Å². The molecule has 156 valence electrons. The summed E-state index contributed by atoms with van der Waals surface area (Å²) in [6.07, 6.45) is 0.662. The van der Waals surface area contributed by atoms with Crippen molar-refractivity contribution >= 4 is 34.8 Å². The molecule has 0 bridgehead atoms. The summed E-state index contributed by atoms with van der Waals surface area (Å²) < 4.78 is 5.09. The molecule has 0 unspecified atom stereocenters. The van der Waals surface area contributed by atoms with Crippen LogP contribution >= 0.6 is 0 Å². The van der Waals surface area contributed by atoms with Gasteiger partial charge in [-0.2, -0.15) is 0 Å². The summed E-state index contributed by atoms with van der Waals surface area (Å²) in [5, 5.41) is 13.6. The van der Waals surface area contributed by atoms with Gasteiger partial charge in [0.05, 0.1) is 16.5 Å².